The Morgan fingerprint density at radius 2 is 1.81 bits per heavy atom. The van der Waals surface area contributed by atoms with Gasteiger partial charge < -0.3 is 11.1 Å². The number of hydrazine groups is 1. The average Bonchev–Trinajstić information content (AvgIpc) is 2.96. The number of hydrogen-bond donors (Lipinski definition) is 3. The molecule has 0 saturated heterocycles. The molecule has 0 bridgehead atoms. The van der Waals surface area contributed by atoms with Gasteiger partial charge in [0.05, 0.1) is 12.6 Å². The topological polar surface area (TPSA) is 78.7 Å². The molecule has 0 saturated carbocycles. The van der Waals surface area contributed by atoms with Crippen molar-refractivity contribution in [2.45, 2.75) is 19.0 Å². The highest BCUT2D eigenvalue weighted by Gasteiger charge is 2.28. The second-order valence-electron chi connectivity index (χ2n) is 7.78. The van der Waals surface area contributed by atoms with Gasteiger partial charge >= 0.3 is 0 Å². The fraction of sp³-hybridized carbons (Fsp3) is 0.250. The monoisotopic (exact) mass is 434 g/mol. The van der Waals surface area contributed by atoms with Crippen LogP contribution in [0.3, 0.4) is 0 Å². The summed E-state index contributed by atoms with van der Waals surface area (Å²) in [5.74, 6) is -0.190. The molecule has 1 aliphatic rings. The normalized spacial score (nSPS) is 15.1. The molecule has 1 heterocycles. The van der Waals surface area contributed by atoms with E-state index in [-0.39, 0.29) is 24.1 Å². The van der Waals surface area contributed by atoms with Crippen molar-refractivity contribution < 1.29 is 9.59 Å². The van der Waals surface area contributed by atoms with E-state index >= 15 is 0 Å². The lowest BCUT2D eigenvalue weighted by atomic mass is 9.95. The largest absolute Gasteiger partial charge is 0.325 e. The summed E-state index contributed by atoms with van der Waals surface area (Å²) in [7, 11) is 1.65. The van der Waals surface area contributed by atoms with Crippen LogP contribution in [0.5, 0.6) is 0 Å². The summed E-state index contributed by atoms with van der Waals surface area (Å²) >= 11 is 4.13. The molecule has 1 aliphatic heterocycles. The molecule has 2 amide bonds. The van der Waals surface area contributed by atoms with Crippen LogP contribution < -0.4 is 11.1 Å². The van der Waals surface area contributed by atoms with E-state index in [0.717, 1.165) is 23.2 Å². The van der Waals surface area contributed by atoms with Crippen molar-refractivity contribution in [3.63, 3.8) is 0 Å². The van der Waals surface area contributed by atoms with Gasteiger partial charge in [-0.1, -0.05) is 54.6 Å². The molecule has 1 atom stereocenters. The van der Waals surface area contributed by atoms with Crippen molar-refractivity contribution in [2.75, 3.05) is 24.7 Å². The van der Waals surface area contributed by atoms with E-state index in [1.165, 1.54) is 21.3 Å². The number of nitrogens with zero attached hydrogens (tertiary/aromatic N) is 2. The van der Waals surface area contributed by atoms with Crippen LogP contribution in [0.15, 0.2) is 60.7 Å². The van der Waals surface area contributed by atoms with Gasteiger partial charge in [-0.15, -0.1) is 0 Å². The van der Waals surface area contributed by atoms with Crippen LogP contribution in [-0.2, 0) is 22.6 Å². The van der Waals surface area contributed by atoms with Crippen LogP contribution >= 0.6 is 12.6 Å². The minimum atomic E-state index is -0.718. The third-order valence-corrected chi connectivity index (χ3v) is 6.13. The van der Waals surface area contributed by atoms with E-state index in [1.54, 1.807) is 12.1 Å². The summed E-state index contributed by atoms with van der Waals surface area (Å²) in [6, 6.07) is 19.9. The number of hydrogen-bond acceptors (Lipinski definition) is 5. The molecule has 31 heavy (non-hydrogen) atoms. The third-order valence-electron chi connectivity index (χ3n) is 5.73. The lowest BCUT2D eigenvalue weighted by molar-refractivity contribution is -0.149. The number of carbonyl (C=O) groups excluding carboxylic acids is 2. The van der Waals surface area contributed by atoms with Crippen molar-refractivity contribution in [1.82, 2.24) is 10.0 Å². The number of benzene rings is 3. The van der Waals surface area contributed by atoms with E-state index in [2.05, 4.69) is 54.3 Å². The predicted molar refractivity (Wildman–Crippen MR) is 127 cm³/mol. The molecule has 0 unspecified atom stereocenters. The van der Waals surface area contributed by atoms with Crippen molar-refractivity contribution in [2.24, 2.45) is 5.73 Å². The quantitative estimate of drug-likeness (QED) is 0.540. The standard InChI is InChI=1S/C24H26N4O2S/c1-27(24(30)21(25)15-31)28-13-20-18(9-5-11-22(20)26-23(29)14-28)12-17-8-4-7-16-6-2-3-10-19(16)17/h2-11,21,31H,12-15,25H2,1H3,(H,26,29)/t21-/m1/s1. The van der Waals surface area contributed by atoms with Crippen molar-refractivity contribution >= 4 is 40.9 Å². The summed E-state index contributed by atoms with van der Waals surface area (Å²) < 4.78 is 0. The third kappa shape index (κ3) is 4.44. The SMILES string of the molecule is CN(C(=O)[C@H](N)CS)N1CC(=O)Nc2cccc(Cc3cccc4ccccc34)c2C1. The Hall–Kier alpha value is -2.87. The highest BCUT2D eigenvalue weighted by atomic mass is 32.1. The van der Waals surface area contributed by atoms with Crippen LogP contribution in [0.2, 0.25) is 0 Å². The van der Waals surface area contributed by atoms with Gasteiger partial charge in [0.1, 0.15) is 0 Å². The first-order valence-corrected chi connectivity index (χ1v) is 10.9. The van der Waals surface area contributed by atoms with Gasteiger partial charge in [-0.2, -0.15) is 12.6 Å². The molecule has 3 aromatic rings. The number of nitrogens with two attached hydrogens (primary N) is 1. The second kappa shape index (κ2) is 9.09. The first kappa shape index (κ1) is 21.4. The fourth-order valence-corrected chi connectivity index (χ4v) is 4.18. The number of nitrogens with one attached hydrogen (secondary N) is 1. The fourth-order valence-electron chi connectivity index (χ4n) is 4.02. The number of carbonyl (C=O) groups is 2. The van der Waals surface area contributed by atoms with E-state index in [4.69, 9.17) is 5.73 Å². The summed E-state index contributed by atoms with van der Waals surface area (Å²) in [6.45, 7) is 0.500. The molecule has 4 rings (SSSR count). The van der Waals surface area contributed by atoms with Crippen LogP contribution in [0.1, 0.15) is 16.7 Å². The van der Waals surface area contributed by atoms with Gasteiger partial charge in [0, 0.05) is 25.0 Å². The number of anilines is 1. The molecular formula is C24H26N4O2S. The van der Waals surface area contributed by atoms with E-state index < -0.39 is 6.04 Å². The van der Waals surface area contributed by atoms with Gasteiger partial charge in [-0.3, -0.25) is 14.6 Å². The van der Waals surface area contributed by atoms with Gasteiger partial charge in [-0.05, 0) is 39.9 Å². The number of thiol groups is 1. The second-order valence-corrected chi connectivity index (χ2v) is 8.15. The first-order valence-electron chi connectivity index (χ1n) is 10.2. The summed E-state index contributed by atoms with van der Waals surface area (Å²) in [6.07, 6.45) is 0.724. The minimum absolute atomic E-state index is 0.0733. The molecule has 0 aromatic heterocycles. The molecule has 3 N–H and O–H groups in total. The Kier molecular flexibility index (Phi) is 6.27. The lowest BCUT2D eigenvalue weighted by Crippen LogP contribution is -2.52. The zero-order valence-electron chi connectivity index (χ0n) is 17.4. The van der Waals surface area contributed by atoms with Crippen LogP contribution in [0.25, 0.3) is 10.8 Å². The Balaban J connectivity index is 1.70. The van der Waals surface area contributed by atoms with Crippen molar-refractivity contribution in [3.05, 3.63) is 77.4 Å². The molecule has 3 aromatic carbocycles. The summed E-state index contributed by atoms with van der Waals surface area (Å²) in [5.41, 5.74) is 9.99. The Labute approximate surface area is 187 Å². The summed E-state index contributed by atoms with van der Waals surface area (Å²) in [5, 5.41) is 8.58. The van der Waals surface area contributed by atoms with Crippen molar-refractivity contribution in [3.8, 4) is 0 Å². The van der Waals surface area contributed by atoms with E-state index in [1.807, 2.05) is 24.3 Å². The zero-order valence-corrected chi connectivity index (χ0v) is 18.3. The molecule has 0 aliphatic carbocycles. The Morgan fingerprint density at radius 3 is 2.61 bits per heavy atom. The van der Waals surface area contributed by atoms with Gasteiger partial charge in [0.25, 0.3) is 5.91 Å². The Bertz CT molecular complexity index is 1130. The molecule has 0 fully saturated rings. The number of fused-ring (bicyclic) bond motifs is 2. The van der Waals surface area contributed by atoms with E-state index in [9.17, 15) is 9.59 Å². The molecule has 6 nitrogen and oxygen atoms in total. The van der Waals surface area contributed by atoms with Crippen LogP contribution in [-0.4, -0.2) is 47.2 Å². The van der Waals surface area contributed by atoms with Crippen LogP contribution in [0, 0.1) is 0 Å². The highest BCUT2D eigenvalue weighted by molar-refractivity contribution is 7.80. The summed E-state index contributed by atoms with van der Waals surface area (Å²) in [4.78, 5) is 25.1. The maximum absolute atomic E-state index is 12.6. The average molecular weight is 435 g/mol. The molecule has 7 heteroatoms. The maximum Gasteiger partial charge on any atom is 0.254 e. The maximum atomic E-state index is 12.6. The predicted octanol–water partition coefficient (Wildman–Crippen LogP) is 2.82. The smallest absolute Gasteiger partial charge is 0.254 e. The minimum Gasteiger partial charge on any atom is -0.325 e. The molecule has 160 valence electrons. The number of rotatable bonds is 5. The van der Waals surface area contributed by atoms with Crippen molar-refractivity contribution in [1.29, 1.82) is 0 Å². The van der Waals surface area contributed by atoms with Gasteiger partial charge in [0.2, 0.25) is 5.91 Å². The lowest BCUT2D eigenvalue weighted by Gasteiger charge is -2.32. The van der Waals surface area contributed by atoms with Gasteiger partial charge in [0.15, 0.2) is 0 Å². The zero-order chi connectivity index (χ0) is 22.0. The molecule has 0 radical (unpaired) electrons. The first-order chi connectivity index (χ1) is 15.0. The Morgan fingerprint density at radius 1 is 1.10 bits per heavy atom. The van der Waals surface area contributed by atoms with E-state index in [0.29, 0.717) is 6.54 Å². The number of likely N-dealkylation sites (N-methyl/N-ethyl adjacent to an activating group) is 1. The number of amides is 2. The van der Waals surface area contributed by atoms with Gasteiger partial charge in [-0.25, -0.2) is 5.01 Å². The molecule has 0 spiro atoms. The molecular weight excluding hydrogens is 408 g/mol. The van der Waals surface area contributed by atoms with Crippen LogP contribution in [0.4, 0.5) is 5.69 Å². The highest BCUT2D eigenvalue weighted by Crippen LogP contribution is 2.29.